The van der Waals surface area contributed by atoms with Gasteiger partial charge in [-0.05, 0) is 31.5 Å². The molecule has 1 rings (SSSR count). The summed E-state index contributed by atoms with van der Waals surface area (Å²) in [5.41, 5.74) is 6.32. The van der Waals surface area contributed by atoms with Crippen LogP contribution in [0.15, 0.2) is 23.1 Å². The second kappa shape index (κ2) is 5.35. The predicted octanol–water partition coefficient (Wildman–Crippen LogP) is 1.62. The number of nitrogens with zero attached hydrogens (tertiary/aromatic N) is 1. The Morgan fingerprint density at radius 1 is 1.47 bits per heavy atom. The fourth-order valence-corrected chi connectivity index (χ4v) is 2.93. The number of halogens is 1. The lowest BCUT2D eigenvalue weighted by Crippen LogP contribution is -2.39. The van der Waals surface area contributed by atoms with Crippen LogP contribution in [-0.4, -0.2) is 32.4 Å². The van der Waals surface area contributed by atoms with Crippen LogP contribution < -0.4 is 5.73 Å². The van der Waals surface area contributed by atoms with E-state index in [2.05, 4.69) is 0 Å². The number of rotatable bonds is 4. The first kappa shape index (κ1) is 14.4. The first-order valence-corrected chi connectivity index (χ1v) is 7.06. The normalized spacial score (nSPS) is 14.0. The minimum atomic E-state index is -3.52. The highest BCUT2D eigenvalue weighted by atomic mass is 35.5. The van der Waals surface area contributed by atoms with E-state index in [9.17, 15) is 8.42 Å². The Bertz CT molecular complexity index is 502. The fourth-order valence-electron chi connectivity index (χ4n) is 1.29. The van der Waals surface area contributed by atoms with Gasteiger partial charge in [0.1, 0.15) is 0 Å². The van der Waals surface area contributed by atoms with E-state index >= 15 is 0 Å². The van der Waals surface area contributed by atoms with Gasteiger partial charge in [0, 0.05) is 24.7 Å². The molecule has 6 heteroatoms. The van der Waals surface area contributed by atoms with E-state index in [1.165, 1.54) is 17.4 Å². The van der Waals surface area contributed by atoms with E-state index in [4.69, 9.17) is 17.3 Å². The van der Waals surface area contributed by atoms with Crippen molar-refractivity contribution in [2.24, 2.45) is 5.73 Å². The van der Waals surface area contributed by atoms with Gasteiger partial charge in [0.2, 0.25) is 10.0 Å². The minimum Gasteiger partial charge on any atom is -0.329 e. The fraction of sp³-hybridized carbons (Fsp3) is 0.455. The topological polar surface area (TPSA) is 63.4 Å². The van der Waals surface area contributed by atoms with Gasteiger partial charge in [-0.2, -0.15) is 4.31 Å². The van der Waals surface area contributed by atoms with Crippen molar-refractivity contribution >= 4 is 21.6 Å². The highest BCUT2D eigenvalue weighted by Crippen LogP contribution is 2.22. The third-order valence-electron chi connectivity index (χ3n) is 2.78. The third-order valence-corrected chi connectivity index (χ3v) is 5.16. The predicted molar refractivity (Wildman–Crippen MR) is 69.7 cm³/mol. The summed E-state index contributed by atoms with van der Waals surface area (Å²) in [5.74, 6) is 0. The molecule has 0 aromatic heterocycles. The molecule has 17 heavy (non-hydrogen) atoms. The lowest BCUT2D eigenvalue weighted by molar-refractivity contribution is 0.394. The molecule has 1 atom stereocenters. The van der Waals surface area contributed by atoms with Gasteiger partial charge < -0.3 is 5.73 Å². The van der Waals surface area contributed by atoms with Crippen molar-refractivity contribution in [3.8, 4) is 0 Å². The Morgan fingerprint density at radius 3 is 2.53 bits per heavy atom. The summed E-state index contributed by atoms with van der Waals surface area (Å²) in [6.45, 7) is 3.85. The molecule has 1 aromatic rings. The van der Waals surface area contributed by atoms with Crippen molar-refractivity contribution in [2.75, 3.05) is 13.6 Å². The van der Waals surface area contributed by atoms with Crippen molar-refractivity contribution in [1.82, 2.24) is 4.31 Å². The Labute approximate surface area is 107 Å². The van der Waals surface area contributed by atoms with Crippen molar-refractivity contribution in [3.05, 3.63) is 28.8 Å². The lowest BCUT2D eigenvalue weighted by Gasteiger charge is -2.23. The summed E-state index contributed by atoms with van der Waals surface area (Å²) in [4.78, 5) is 0.191. The highest BCUT2D eigenvalue weighted by Gasteiger charge is 2.24. The van der Waals surface area contributed by atoms with Gasteiger partial charge in [0.15, 0.2) is 0 Å². The molecular formula is C11H17ClN2O2S. The van der Waals surface area contributed by atoms with Crippen LogP contribution >= 0.6 is 11.6 Å². The molecule has 0 amide bonds. The monoisotopic (exact) mass is 276 g/mol. The molecule has 0 bridgehead atoms. The molecule has 96 valence electrons. The molecule has 0 heterocycles. The molecule has 0 aliphatic heterocycles. The average molecular weight is 277 g/mol. The van der Waals surface area contributed by atoms with Gasteiger partial charge in [-0.3, -0.25) is 0 Å². The van der Waals surface area contributed by atoms with Crippen molar-refractivity contribution in [1.29, 1.82) is 0 Å². The number of hydrogen-bond donors (Lipinski definition) is 1. The van der Waals surface area contributed by atoms with Crippen LogP contribution in [0.2, 0.25) is 5.02 Å². The summed E-state index contributed by atoms with van der Waals surface area (Å²) in [6.07, 6.45) is 0. The van der Waals surface area contributed by atoms with Crippen LogP contribution in [-0.2, 0) is 10.0 Å². The smallest absolute Gasteiger partial charge is 0.243 e. The number of hydrogen-bond acceptors (Lipinski definition) is 3. The molecule has 0 saturated carbocycles. The summed E-state index contributed by atoms with van der Waals surface area (Å²) < 4.78 is 25.7. The summed E-state index contributed by atoms with van der Waals surface area (Å²) >= 11 is 5.93. The van der Waals surface area contributed by atoms with E-state index in [0.29, 0.717) is 5.02 Å². The summed E-state index contributed by atoms with van der Waals surface area (Å²) in [5, 5.41) is 0.444. The quantitative estimate of drug-likeness (QED) is 0.909. The molecular weight excluding hydrogens is 260 g/mol. The van der Waals surface area contributed by atoms with E-state index < -0.39 is 10.0 Å². The standard InChI is InChI=1S/C11H17ClN2O2S/c1-8-4-5-10(6-11(8)12)17(15,16)14(3)9(2)7-13/h4-6,9H,7,13H2,1-3H3. The first-order valence-electron chi connectivity index (χ1n) is 5.25. The Balaban J connectivity index is 3.17. The number of aryl methyl sites for hydroxylation is 1. The van der Waals surface area contributed by atoms with Gasteiger partial charge in [-0.25, -0.2) is 8.42 Å². The third kappa shape index (κ3) is 2.98. The van der Waals surface area contributed by atoms with Crippen LogP contribution in [0.5, 0.6) is 0 Å². The van der Waals surface area contributed by atoms with E-state index in [-0.39, 0.29) is 17.5 Å². The summed E-state index contributed by atoms with van der Waals surface area (Å²) in [6, 6.07) is 4.46. The Kier molecular flexibility index (Phi) is 4.55. The van der Waals surface area contributed by atoms with Crippen LogP contribution in [0.25, 0.3) is 0 Å². The van der Waals surface area contributed by atoms with E-state index in [0.717, 1.165) is 5.56 Å². The number of likely N-dealkylation sites (N-methyl/N-ethyl adjacent to an activating group) is 1. The van der Waals surface area contributed by atoms with Crippen LogP contribution in [0.3, 0.4) is 0 Å². The van der Waals surface area contributed by atoms with Gasteiger partial charge in [0.05, 0.1) is 4.90 Å². The summed E-state index contributed by atoms with van der Waals surface area (Å²) in [7, 11) is -2.01. The molecule has 0 aliphatic carbocycles. The second-order valence-corrected chi connectivity index (χ2v) is 6.42. The highest BCUT2D eigenvalue weighted by molar-refractivity contribution is 7.89. The van der Waals surface area contributed by atoms with Crippen molar-refractivity contribution in [2.45, 2.75) is 24.8 Å². The molecule has 1 unspecified atom stereocenters. The maximum Gasteiger partial charge on any atom is 0.243 e. The zero-order valence-corrected chi connectivity index (χ0v) is 11.7. The van der Waals surface area contributed by atoms with Gasteiger partial charge in [0.25, 0.3) is 0 Å². The van der Waals surface area contributed by atoms with Gasteiger partial charge >= 0.3 is 0 Å². The average Bonchev–Trinajstić information content (AvgIpc) is 2.30. The largest absolute Gasteiger partial charge is 0.329 e. The lowest BCUT2D eigenvalue weighted by atomic mass is 10.2. The zero-order chi connectivity index (χ0) is 13.2. The first-order chi connectivity index (χ1) is 7.80. The Morgan fingerprint density at radius 2 is 2.06 bits per heavy atom. The van der Waals surface area contributed by atoms with Gasteiger partial charge in [-0.15, -0.1) is 0 Å². The minimum absolute atomic E-state index is 0.191. The molecule has 0 saturated heterocycles. The number of sulfonamides is 1. The molecule has 0 radical (unpaired) electrons. The molecule has 1 aromatic carbocycles. The molecule has 2 N–H and O–H groups in total. The van der Waals surface area contributed by atoms with Crippen LogP contribution in [0.1, 0.15) is 12.5 Å². The molecule has 0 aliphatic rings. The molecule has 4 nitrogen and oxygen atoms in total. The van der Waals surface area contributed by atoms with E-state index in [1.54, 1.807) is 19.1 Å². The number of benzene rings is 1. The van der Waals surface area contributed by atoms with Crippen molar-refractivity contribution < 1.29 is 8.42 Å². The van der Waals surface area contributed by atoms with Crippen LogP contribution in [0, 0.1) is 6.92 Å². The van der Waals surface area contributed by atoms with E-state index in [1.807, 2.05) is 6.92 Å². The SMILES string of the molecule is Cc1ccc(S(=O)(=O)N(C)C(C)CN)cc1Cl. The van der Waals surface area contributed by atoms with Gasteiger partial charge in [-0.1, -0.05) is 17.7 Å². The maximum atomic E-state index is 12.2. The Hall–Kier alpha value is -0.620. The van der Waals surface area contributed by atoms with Crippen molar-refractivity contribution in [3.63, 3.8) is 0 Å². The molecule has 0 fully saturated rings. The molecule has 0 spiro atoms. The second-order valence-electron chi connectivity index (χ2n) is 4.02. The number of nitrogens with two attached hydrogens (primary N) is 1. The maximum absolute atomic E-state index is 12.2. The van der Waals surface area contributed by atoms with Crippen LogP contribution in [0.4, 0.5) is 0 Å². The zero-order valence-electron chi connectivity index (χ0n) is 10.1.